The third-order valence-electron chi connectivity index (χ3n) is 5.77. The fourth-order valence-electron chi connectivity index (χ4n) is 4.08. The fourth-order valence-corrected chi connectivity index (χ4v) is 4.77. The minimum atomic E-state index is -4.09. The van der Waals surface area contributed by atoms with E-state index in [-0.39, 0.29) is 12.6 Å². The largest absolute Gasteiger partial charge is 0.443 e. The standard InChI is InChI=1S/C27H31N5O5S/c1-27(2,3)37-25(33)30-38(35,36)29-16-19-10-12-21(13-11-19)22-14-15-28-24-23(22)18-31(4)26(34)32(24)17-20-8-6-5-7-9-20/h5-15,29H,16-18H2,1-4H3,(H,30,33). The highest BCUT2D eigenvalue weighted by atomic mass is 32.2. The molecule has 38 heavy (non-hydrogen) atoms. The van der Waals surface area contributed by atoms with Gasteiger partial charge >= 0.3 is 22.3 Å². The number of nitrogens with one attached hydrogen (secondary N) is 2. The van der Waals surface area contributed by atoms with Crippen LogP contribution >= 0.6 is 0 Å². The van der Waals surface area contributed by atoms with Gasteiger partial charge in [0.1, 0.15) is 11.4 Å². The highest BCUT2D eigenvalue weighted by Crippen LogP contribution is 2.35. The maximum absolute atomic E-state index is 13.0. The first-order valence-electron chi connectivity index (χ1n) is 12.1. The lowest BCUT2D eigenvalue weighted by Crippen LogP contribution is -2.45. The molecule has 3 amide bonds. The number of benzene rings is 2. The number of hydrogen-bond acceptors (Lipinski definition) is 6. The molecule has 2 aromatic carbocycles. The van der Waals surface area contributed by atoms with E-state index in [4.69, 9.17) is 4.74 Å². The minimum Gasteiger partial charge on any atom is -0.443 e. The van der Waals surface area contributed by atoms with Gasteiger partial charge in [0.15, 0.2) is 0 Å². The average Bonchev–Trinajstić information content (AvgIpc) is 2.85. The van der Waals surface area contributed by atoms with Crippen molar-refractivity contribution in [3.05, 3.63) is 83.6 Å². The van der Waals surface area contributed by atoms with Crippen LogP contribution in [0, 0.1) is 0 Å². The summed E-state index contributed by atoms with van der Waals surface area (Å²) in [7, 11) is -2.33. The van der Waals surface area contributed by atoms with E-state index in [0.29, 0.717) is 24.5 Å². The number of ether oxygens (including phenoxy) is 1. The van der Waals surface area contributed by atoms with E-state index < -0.39 is 21.9 Å². The maximum Gasteiger partial charge on any atom is 0.422 e. The van der Waals surface area contributed by atoms with E-state index >= 15 is 0 Å². The van der Waals surface area contributed by atoms with Crippen LogP contribution in [0.2, 0.25) is 0 Å². The van der Waals surface area contributed by atoms with Crippen molar-refractivity contribution in [3.63, 3.8) is 0 Å². The number of nitrogens with zero attached hydrogens (tertiary/aromatic N) is 3. The summed E-state index contributed by atoms with van der Waals surface area (Å²) in [6, 6.07) is 18.9. The van der Waals surface area contributed by atoms with Crippen LogP contribution in [-0.4, -0.2) is 43.1 Å². The SMILES string of the molecule is CN1Cc2c(-c3ccc(CNS(=O)(=O)NC(=O)OC(C)(C)C)cc3)ccnc2N(Cc2ccccc2)C1=O. The third-order valence-corrected chi connectivity index (χ3v) is 6.73. The maximum atomic E-state index is 13.0. The lowest BCUT2D eigenvalue weighted by molar-refractivity contribution is 0.0569. The van der Waals surface area contributed by atoms with Crippen LogP contribution in [0.4, 0.5) is 15.4 Å². The molecule has 11 heteroatoms. The number of amides is 3. The van der Waals surface area contributed by atoms with Gasteiger partial charge in [0.05, 0.1) is 13.1 Å². The number of pyridine rings is 1. The van der Waals surface area contributed by atoms with Gasteiger partial charge in [-0.1, -0.05) is 54.6 Å². The Balaban J connectivity index is 1.50. The van der Waals surface area contributed by atoms with Crippen LogP contribution in [0.3, 0.4) is 0 Å². The van der Waals surface area contributed by atoms with Crippen molar-refractivity contribution in [2.24, 2.45) is 0 Å². The third kappa shape index (κ3) is 6.67. The Bertz CT molecular complexity index is 1420. The topological polar surface area (TPSA) is 121 Å². The van der Waals surface area contributed by atoms with E-state index in [9.17, 15) is 18.0 Å². The molecule has 0 bridgehead atoms. The van der Waals surface area contributed by atoms with Gasteiger partial charge in [-0.2, -0.15) is 13.1 Å². The molecule has 0 aliphatic carbocycles. The number of hydrogen-bond donors (Lipinski definition) is 2. The second-order valence-corrected chi connectivity index (χ2v) is 11.5. The summed E-state index contributed by atoms with van der Waals surface area (Å²) in [6.45, 7) is 5.74. The molecule has 200 valence electrons. The zero-order valence-electron chi connectivity index (χ0n) is 21.8. The monoisotopic (exact) mass is 537 g/mol. The van der Waals surface area contributed by atoms with Crippen LogP contribution < -0.4 is 14.3 Å². The van der Waals surface area contributed by atoms with Gasteiger partial charge in [-0.3, -0.25) is 4.90 Å². The Kier molecular flexibility index (Phi) is 7.70. The van der Waals surface area contributed by atoms with Crippen molar-refractivity contribution < 1.29 is 22.7 Å². The molecule has 10 nitrogen and oxygen atoms in total. The van der Waals surface area contributed by atoms with Gasteiger partial charge in [-0.05, 0) is 49.1 Å². The molecule has 1 aromatic heterocycles. The van der Waals surface area contributed by atoms with Crippen LogP contribution in [0.1, 0.15) is 37.5 Å². The zero-order valence-corrected chi connectivity index (χ0v) is 22.6. The molecule has 0 saturated heterocycles. The first kappa shape index (κ1) is 27.1. The van der Waals surface area contributed by atoms with Gasteiger partial charge in [-0.15, -0.1) is 0 Å². The smallest absolute Gasteiger partial charge is 0.422 e. The molecule has 0 radical (unpaired) electrons. The van der Waals surface area contributed by atoms with Gasteiger partial charge in [0.2, 0.25) is 0 Å². The minimum absolute atomic E-state index is 0.0189. The predicted molar refractivity (Wildman–Crippen MR) is 144 cm³/mol. The highest BCUT2D eigenvalue weighted by molar-refractivity contribution is 7.88. The van der Waals surface area contributed by atoms with E-state index in [1.807, 2.05) is 53.3 Å². The van der Waals surface area contributed by atoms with E-state index in [2.05, 4.69) is 9.71 Å². The summed E-state index contributed by atoms with van der Waals surface area (Å²) in [5.41, 5.74) is 3.66. The number of urea groups is 1. The van der Waals surface area contributed by atoms with Crippen molar-refractivity contribution in [1.29, 1.82) is 0 Å². The summed E-state index contributed by atoms with van der Waals surface area (Å²) in [5, 5.41) is 0. The molecular weight excluding hydrogens is 506 g/mol. The molecule has 2 N–H and O–H groups in total. The molecule has 0 spiro atoms. The molecule has 1 aliphatic heterocycles. The summed E-state index contributed by atoms with van der Waals surface area (Å²) in [4.78, 5) is 32.7. The quantitative estimate of drug-likeness (QED) is 0.467. The Morgan fingerprint density at radius 1 is 1.03 bits per heavy atom. The van der Waals surface area contributed by atoms with Crippen LogP contribution in [0.5, 0.6) is 0 Å². The number of rotatable bonds is 7. The lowest BCUT2D eigenvalue weighted by Gasteiger charge is -2.35. The Labute approximate surface area is 222 Å². The molecular formula is C27H31N5O5S. The Morgan fingerprint density at radius 2 is 1.71 bits per heavy atom. The number of anilines is 1. The number of fused-ring (bicyclic) bond motifs is 1. The Morgan fingerprint density at radius 3 is 2.37 bits per heavy atom. The molecule has 0 atom stereocenters. The van der Waals surface area contributed by atoms with Gasteiger partial charge in [-0.25, -0.2) is 19.3 Å². The first-order valence-corrected chi connectivity index (χ1v) is 13.5. The van der Waals surface area contributed by atoms with E-state index in [0.717, 1.165) is 22.3 Å². The van der Waals surface area contributed by atoms with E-state index in [1.54, 1.807) is 55.9 Å². The molecule has 0 fully saturated rings. The molecule has 2 heterocycles. The van der Waals surface area contributed by atoms with Crippen LogP contribution in [-0.2, 0) is 34.6 Å². The average molecular weight is 538 g/mol. The van der Waals surface area contributed by atoms with Crippen LogP contribution in [0.15, 0.2) is 66.9 Å². The summed E-state index contributed by atoms with van der Waals surface area (Å²) in [6.07, 6.45) is 0.641. The molecule has 4 rings (SSSR count). The van der Waals surface area contributed by atoms with Gasteiger partial charge in [0.25, 0.3) is 0 Å². The molecule has 1 aliphatic rings. The lowest BCUT2D eigenvalue weighted by atomic mass is 9.98. The normalized spacial score (nSPS) is 13.7. The number of aromatic nitrogens is 1. The van der Waals surface area contributed by atoms with Crippen molar-refractivity contribution in [1.82, 2.24) is 19.3 Å². The van der Waals surface area contributed by atoms with Gasteiger partial charge < -0.3 is 9.64 Å². The van der Waals surface area contributed by atoms with Crippen molar-refractivity contribution >= 4 is 28.2 Å². The summed E-state index contributed by atoms with van der Waals surface area (Å²) in [5.74, 6) is 0.625. The van der Waals surface area contributed by atoms with E-state index in [1.165, 1.54) is 0 Å². The fraction of sp³-hybridized carbons (Fsp3) is 0.296. The molecule has 0 saturated carbocycles. The second kappa shape index (κ2) is 10.8. The Hall–Kier alpha value is -3.96. The first-order chi connectivity index (χ1) is 17.9. The van der Waals surface area contributed by atoms with Crippen LogP contribution in [0.25, 0.3) is 11.1 Å². The molecule has 3 aromatic rings. The molecule has 0 unspecified atom stereocenters. The second-order valence-electron chi connectivity index (χ2n) is 10.00. The number of carbonyl (C=O) groups is 2. The van der Waals surface area contributed by atoms with Crippen molar-refractivity contribution in [2.45, 2.75) is 46.0 Å². The zero-order chi connectivity index (χ0) is 27.5. The van der Waals surface area contributed by atoms with Crippen molar-refractivity contribution in [2.75, 3.05) is 11.9 Å². The highest BCUT2D eigenvalue weighted by Gasteiger charge is 2.31. The van der Waals surface area contributed by atoms with Gasteiger partial charge in [0, 0.05) is 25.4 Å². The van der Waals surface area contributed by atoms with Crippen molar-refractivity contribution in [3.8, 4) is 11.1 Å². The summed E-state index contributed by atoms with van der Waals surface area (Å²) < 4.78 is 33.6. The summed E-state index contributed by atoms with van der Waals surface area (Å²) >= 11 is 0. The predicted octanol–water partition coefficient (Wildman–Crippen LogP) is 4.18. The number of carbonyl (C=O) groups excluding carboxylic acids is 2.